The van der Waals surface area contributed by atoms with E-state index in [4.69, 9.17) is 0 Å². The van der Waals surface area contributed by atoms with E-state index in [1.54, 1.807) is 6.92 Å². The third-order valence-electron chi connectivity index (χ3n) is 2.02. The number of nitrogens with zero attached hydrogens (tertiary/aromatic N) is 1. The number of aliphatic hydroxyl groups excluding tert-OH is 2. The lowest BCUT2D eigenvalue weighted by atomic mass is 10.1. The van der Waals surface area contributed by atoms with Gasteiger partial charge in [-0.1, -0.05) is 5.18 Å². The maximum atomic E-state index is 9.84. The number of hydrogen-bond acceptors (Lipinski definition) is 5. The van der Waals surface area contributed by atoms with Gasteiger partial charge < -0.3 is 15.5 Å². The topological polar surface area (TPSA) is 81.9 Å². The molecule has 1 heterocycles. The van der Waals surface area contributed by atoms with Crippen LogP contribution >= 0.6 is 0 Å². The summed E-state index contributed by atoms with van der Waals surface area (Å²) in [5.41, 5.74) is 0. The number of nitrogens with one attached hydrogen (secondary N) is 1. The molecule has 1 rings (SSSR count). The molecule has 1 saturated heterocycles. The van der Waals surface area contributed by atoms with Crippen LogP contribution in [-0.4, -0.2) is 41.0 Å². The Morgan fingerprint density at radius 2 is 2.09 bits per heavy atom. The Morgan fingerprint density at radius 3 is 2.45 bits per heavy atom. The maximum absolute atomic E-state index is 9.84. The molecule has 0 amide bonds. The Morgan fingerprint density at radius 1 is 1.45 bits per heavy atom. The molecule has 5 nitrogen and oxygen atoms in total. The van der Waals surface area contributed by atoms with Crippen molar-refractivity contribution in [3.8, 4) is 0 Å². The average molecular weight is 160 g/mol. The van der Waals surface area contributed by atoms with Gasteiger partial charge in [0.25, 0.3) is 0 Å². The highest BCUT2D eigenvalue weighted by atomic mass is 16.3. The number of hydrogen-bond donors (Lipinski definition) is 3. The molecule has 3 N–H and O–H groups in total. The Hall–Kier alpha value is -0.520. The zero-order chi connectivity index (χ0) is 8.43. The van der Waals surface area contributed by atoms with Crippen LogP contribution < -0.4 is 5.32 Å². The van der Waals surface area contributed by atoms with Crippen molar-refractivity contribution in [2.24, 2.45) is 5.18 Å². The lowest BCUT2D eigenvalue weighted by Gasteiger charge is -2.11. The van der Waals surface area contributed by atoms with E-state index in [1.165, 1.54) is 0 Å². The van der Waals surface area contributed by atoms with Crippen molar-refractivity contribution in [2.75, 3.05) is 6.54 Å². The van der Waals surface area contributed by atoms with Crippen LogP contribution in [0.25, 0.3) is 0 Å². The van der Waals surface area contributed by atoms with E-state index in [-0.39, 0.29) is 12.6 Å². The van der Waals surface area contributed by atoms with Gasteiger partial charge in [0, 0.05) is 6.04 Å². The van der Waals surface area contributed by atoms with E-state index in [1.807, 2.05) is 0 Å². The standard InChI is InChI=1S/C6H12N2O3/c1-3-5(9)6(10)4(8-3)2-7-11/h3-6,8-10H,2H2,1H3/t3-,4+,5-,6+/m0/s1. The van der Waals surface area contributed by atoms with Gasteiger partial charge in [0.2, 0.25) is 0 Å². The SMILES string of the molecule is C[C@@H]1N[C@H](CN=O)[C@@H](O)[C@H]1O. The summed E-state index contributed by atoms with van der Waals surface area (Å²) in [7, 11) is 0. The normalized spacial score (nSPS) is 44.3. The second kappa shape index (κ2) is 3.25. The minimum absolute atomic E-state index is 0.00255. The van der Waals surface area contributed by atoms with E-state index < -0.39 is 18.2 Å². The number of aliphatic hydroxyl groups is 2. The minimum Gasteiger partial charge on any atom is -0.389 e. The summed E-state index contributed by atoms with van der Waals surface area (Å²) < 4.78 is 0. The van der Waals surface area contributed by atoms with E-state index in [0.717, 1.165) is 0 Å². The molecule has 0 unspecified atom stereocenters. The molecule has 0 saturated carbocycles. The van der Waals surface area contributed by atoms with Crippen LogP contribution in [0.4, 0.5) is 0 Å². The monoisotopic (exact) mass is 160 g/mol. The molecule has 0 aromatic carbocycles. The lowest BCUT2D eigenvalue weighted by Crippen LogP contribution is -2.35. The van der Waals surface area contributed by atoms with Crippen LogP contribution in [0.5, 0.6) is 0 Å². The van der Waals surface area contributed by atoms with Crippen molar-refractivity contribution in [3.05, 3.63) is 4.91 Å². The fraction of sp³-hybridized carbons (Fsp3) is 1.00. The van der Waals surface area contributed by atoms with Crippen molar-refractivity contribution >= 4 is 0 Å². The van der Waals surface area contributed by atoms with Gasteiger partial charge in [-0.25, -0.2) is 0 Å². The van der Waals surface area contributed by atoms with Crippen LogP contribution in [0.3, 0.4) is 0 Å². The zero-order valence-electron chi connectivity index (χ0n) is 6.27. The largest absolute Gasteiger partial charge is 0.389 e. The summed E-state index contributed by atoms with van der Waals surface area (Å²) in [6.07, 6.45) is -1.66. The predicted octanol–water partition coefficient (Wildman–Crippen LogP) is -1.17. The average Bonchev–Trinajstić information content (AvgIpc) is 2.19. The number of rotatable bonds is 2. The molecule has 4 atom stereocenters. The van der Waals surface area contributed by atoms with Crippen molar-refractivity contribution in [3.63, 3.8) is 0 Å². The molecule has 0 bridgehead atoms. The first-order chi connectivity index (χ1) is 5.16. The van der Waals surface area contributed by atoms with Gasteiger partial charge in [-0.15, -0.1) is 0 Å². The molecule has 1 aliphatic heterocycles. The van der Waals surface area contributed by atoms with E-state index in [2.05, 4.69) is 10.5 Å². The number of nitroso groups, excluding NO2 is 1. The van der Waals surface area contributed by atoms with Gasteiger partial charge in [0.05, 0.1) is 24.8 Å². The lowest BCUT2D eigenvalue weighted by molar-refractivity contribution is 0.0315. The quantitative estimate of drug-likeness (QED) is 0.445. The highest BCUT2D eigenvalue weighted by Gasteiger charge is 2.38. The van der Waals surface area contributed by atoms with Gasteiger partial charge >= 0.3 is 0 Å². The highest BCUT2D eigenvalue weighted by Crippen LogP contribution is 2.13. The second-order valence-corrected chi connectivity index (χ2v) is 2.85. The molecule has 64 valence electrons. The minimum atomic E-state index is -0.873. The molecule has 1 aliphatic rings. The van der Waals surface area contributed by atoms with Crippen LogP contribution in [0, 0.1) is 4.91 Å². The smallest absolute Gasteiger partial charge is 0.0990 e. The first-order valence-electron chi connectivity index (χ1n) is 3.58. The molecular weight excluding hydrogens is 148 g/mol. The Bertz CT molecular complexity index is 153. The maximum Gasteiger partial charge on any atom is 0.0990 e. The van der Waals surface area contributed by atoms with Crippen LogP contribution in [-0.2, 0) is 0 Å². The molecule has 0 spiro atoms. The van der Waals surface area contributed by atoms with Gasteiger partial charge in [-0.2, -0.15) is 4.91 Å². The van der Waals surface area contributed by atoms with Gasteiger partial charge in [0.15, 0.2) is 0 Å². The second-order valence-electron chi connectivity index (χ2n) is 2.85. The fourth-order valence-corrected chi connectivity index (χ4v) is 1.31. The fourth-order valence-electron chi connectivity index (χ4n) is 1.31. The summed E-state index contributed by atoms with van der Waals surface area (Å²) in [6, 6.07) is -0.561. The third-order valence-corrected chi connectivity index (χ3v) is 2.02. The molecule has 0 aromatic heterocycles. The molecule has 0 aliphatic carbocycles. The molecule has 5 heteroatoms. The first kappa shape index (κ1) is 8.58. The summed E-state index contributed by atoms with van der Waals surface area (Å²) in [6.45, 7) is 1.75. The van der Waals surface area contributed by atoms with Crippen molar-refractivity contribution in [2.45, 2.75) is 31.2 Å². The van der Waals surface area contributed by atoms with E-state index in [9.17, 15) is 15.1 Å². The van der Waals surface area contributed by atoms with Crippen molar-refractivity contribution in [1.29, 1.82) is 0 Å². The molecule has 0 radical (unpaired) electrons. The third kappa shape index (κ3) is 1.55. The summed E-state index contributed by atoms with van der Waals surface area (Å²) >= 11 is 0. The van der Waals surface area contributed by atoms with Crippen molar-refractivity contribution in [1.82, 2.24) is 5.32 Å². The Balaban J connectivity index is 2.51. The molecular formula is C6H12N2O3. The molecule has 0 aromatic rings. The van der Waals surface area contributed by atoms with Crippen LogP contribution in [0.1, 0.15) is 6.92 Å². The van der Waals surface area contributed by atoms with Gasteiger partial charge in [-0.05, 0) is 6.92 Å². The van der Waals surface area contributed by atoms with Crippen LogP contribution in [0.15, 0.2) is 5.18 Å². The zero-order valence-corrected chi connectivity index (χ0v) is 6.27. The van der Waals surface area contributed by atoms with Gasteiger partial charge in [0.1, 0.15) is 0 Å². The Labute approximate surface area is 64.4 Å². The van der Waals surface area contributed by atoms with Gasteiger partial charge in [-0.3, -0.25) is 0 Å². The van der Waals surface area contributed by atoms with E-state index >= 15 is 0 Å². The van der Waals surface area contributed by atoms with Crippen LogP contribution in [0.2, 0.25) is 0 Å². The van der Waals surface area contributed by atoms with E-state index in [0.29, 0.717) is 0 Å². The summed E-state index contributed by atoms with van der Waals surface area (Å²) in [4.78, 5) is 9.84. The molecule has 11 heavy (non-hydrogen) atoms. The highest BCUT2D eigenvalue weighted by molar-refractivity contribution is 4.96. The molecule has 1 fully saturated rings. The Kier molecular flexibility index (Phi) is 2.53. The van der Waals surface area contributed by atoms with Crippen molar-refractivity contribution < 1.29 is 10.2 Å². The summed E-state index contributed by atoms with van der Waals surface area (Å²) in [5.74, 6) is 0. The summed E-state index contributed by atoms with van der Waals surface area (Å²) in [5, 5.41) is 24.0. The predicted molar refractivity (Wildman–Crippen MR) is 39.1 cm³/mol. The first-order valence-corrected chi connectivity index (χ1v) is 3.58.